The number of aromatic nitrogens is 4. The summed E-state index contributed by atoms with van der Waals surface area (Å²) in [7, 11) is 1.88. The van der Waals surface area contributed by atoms with E-state index in [2.05, 4.69) is 111 Å². The lowest BCUT2D eigenvalue weighted by atomic mass is 9.98. The SMILES string of the molecule is CNC(C(=O)N1CC2(CC2)CC1c1ncc(-c2ccc(-c3ccc4cc(-c5cnc(C6CC(C#N)CN6)[nH]5)ccc4c3)cc2)[nH]1)C(C)C. The summed E-state index contributed by atoms with van der Waals surface area (Å²) in [6, 6.07) is 23.9. The van der Waals surface area contributed by atoms with Crippen LogP contribution >= 0.6 is 0 Å². The van der Waals surface area contributed by atoms with Gasteiger partial charge in [0.15, 0.2) is 0 Å². The first-order valence-corrected chi connectivity index (χ1v) is 17.2. The summed E-state index contributed by atoms with van der Waals surface area (Å²) in [5, 5.41) is 18.2. The quantitative estimate of drug-likeness (QED) is 0.149. The van der Waals surface area contributed by atoms with E-state index in [4.69, 9.17) is 4.98 Å². The highest BCUT2D eigenvalue weighted by Crippen LogP contribution is 2.58. The first-order valence-electron chi connectivity index (χ1n) is 17.2. The maximum Gasteiger partial charge on any atom is 0.240 e. The van der Waals surface area contributed by atoms with Crippen molar-refractivity contribution in [2.75, 3.05) is 20.1 Å². The van der Waals surface area contributed by atoms with Crippen LogP contribution in [0.2, 0.25) is 0 Å². The second kappa shape index (κ2) is 12.0. The molecule has 3 aromatic carbocycles. The monoisotopic (exact) mass is 638 g/mol. The molecule has 9 nitrogen and oxygen atoms in total. The molecule has 4 atom stereocenters. The van der Waals surface area contributed by atoms with E-state index < -0.39 is 0 Å². The predicted molar refractivity (Wildman–Crippen MR) is 187 cm³/mol. The lowest BCUT2D eigenvalue weighted by Crippen LogP contribution is -2.48. The van der Waals surface area contributed by atoms with Gasteiger partial charge in [0.2, 0.25) is 5.91 Å². The number of amides is 1. The number of nitriles is 1. The van der Waals surface area contributed by atoms with E-state index in [9.17, 15) is 10.1 Å². The van der Waals surface area contributed by atoms with Crippen LogP contribution in [0.1, 0.15) is 63.3 Å². The number of hydrogen-bond acceptors (Lipinski definition) is 6. The summed E-state index contributed by atoms with van der Waals surface area (Å²) in [6.07, 6.45) is 7.94. The maximum atomic E-state index is 13.6. The Bertz CT molecular complexity index is 2010. The van der Waals surface area contributed by atoms with Gasteiger partial charge in [-0.05, 0) is 83.7 Å². The van der Waals surface area contributed by atoms with Crippen molar-refractivity contribution in [3.05, 3.63) is 84.7 Å². The zero-order valence-electron chi connectivity index (χ0n) is 27.8. The van der Waals surface area contributed by atoms with Gasteiger partial charge in [0.1, 0.15) is 11.6 Å². The van der Waals surface area contributed by atoms with E-state index in [-0.39, 0.29) is 41.3 Å². The molecule has 3 fully saturated rings. The highest BCUT2D eigenvalue weighted by atomic mass is 16.2. The van der Waals surface area contributed by atoms with Crippen molar-refractivity contribution in [2.24, 2.45) is 17.3 Å². The average molecular weight is 639 g/mol. The number of nitrogens with zero attached hydrogens (tertiary/aromatic N) is 4. The average Bonchev–Trinajstić information content (AvgIpc) is 3.63. The van der Waals surface area contributed by atoms with Crippen molar-refractivity contribution < 1.29 is 4.79 Å². The summed E-state index contributed by atoms with van der Waals surface area (Å²) in [4.78, 5) is 32.2. The number of H-pyrrole nitrogens is 2. The van der Waals surface area contributed by atoms with Crippen LogP contribution in [-0.4, -0.2) is 56.9 Å². The van der Waals surface area contributed by atoms with Crippen LogP contribution in [0.4, 0.5) is 0 Å². The number of carbonyl (C=O) groups is 1. The Morgan fingerprint density at radius 3 is 2.21 bits per heavy atom. The van der Waals surface area contributed by atoms with Gasteiger partial charge in [0.25, 0.3) is 0 Å². The van der Waals surface area contributed by atoms with Gasteiger partial charge in [0.05, 0.1) is 53.9 Å². The van der Waals surface area contributed by atoms with Gasteiger partial charge in [-0.3, -0.25) is 4.79 Å². The molecule has 1 saturated carbocycles. The Labute approximate surface area is 281 Å². The molecule has 0 radical (unpaired) electrons. The zero-order valence-corrected chi connectivity index (χ0v) is 27.8. The van der Waals surface area contributed by atoms with E-state index in [1.807, 2.05) is 19.4 Å². The lowest BCUT2D eigenvalue weighted by Gasteiger charge is -2.29. The van der Waals surface area contributed by atoms with Gasteiger partial charge in [-0.25, -0.2) is 9.97 Å². The van der Waals surface area contributed by atoms with Crippen LogP contribution in [0.15, 0.2) is 73.1 Å². The van der Waals surface area contributed by atoms with Crippen LogP contribution in [0, 0.1) is 28.6 Å². The topological polar surface area (TPSA) is 126 Å². The second-order valence-electron chi connectivity index (χ2n) is 14.4. The lowest BCUT2D eigenvalue weighted by molar-refractivity contribution is -0.135. The molecule has 5 aromatic rings. The fourth-order valence-electron chi connectivity index (χ4n) is 7.78. The largest absolute Gasteiger partial charge is 0.341 e. The standard InChI is InChI=1S/C39H42N8O/c1-23(2)35(41-3)38(48)47-22-39(12-13-39)17-34(47)37-44-20-32(46-37)26-6-4-25(5-7-26)27-8-9-29-16-30(11-10-28(29)15-27)33-21-43-36(45-33)31-14-24(18-40)19-42-31/h4-11,15-16,20-21,23-24,31,34-35,41-42H,12-14,17,19,22H2,1-3H3,(H,43,45)(H,44,46). The molecule has 3 aliphatic rings. The maximum absolute atomic E-state index is 13.6. The number of fused-ring (bicyclic) bond motifs is 1. The van der Waals surface area contributed by atoms with Gasteiger partial charge in [-0.2, -0.15) is 5.26 Å². The van der Waals surface area contributed by atoms with Gasteiger partial charge in [-0.1, -0.05) is 62.4 Å². The molecule has 2 aliphatic heterocycles. The Morgan fingerprint density at radius 1 is 0.917 bits per heavy atom. The molecule has 2 saturated heterocycles. The molecule has 1 amide bonds. The zero-order chi connectivity index (χ0) is 33.0. The molecule has 4 N–H and O–H groups in total. The third kappa shape index (κ3) is 5.59. The van der Waals surface area contributed by atoms with E-state index in [1.54, 1.807) is 0 Å². The van der Waals surface area contributed by atoms with Crippen LogP contribution in [-0.2, 0) is 4.79 Å². The molecule has 9 heteroatoms. The van der Waals surface area contributed by atoms with E-state index in [0.717, 1.165) is 64.7 Å². The summed E-state index contributed by atoms with van der Waals surface area (Å²) < 4.78 is 0. The van der Waals surface area contributed by atoms with Crippen LogP contribution in [0.25, 0.3) is 44.4 Å². The Kier molecular flexibility index (Phi) is 7.66. The third-order valence-corrected chi connectivity index (χ3v) is 10.8. The molecule has 244 valence electrons. The molecule has 1 aliphatic carbocycles. The fourth-order valence-corrected chi connectivity index (χ4v) is 7.78. The number of benzene rings is 3. The van der Waals surface area contributed by atoms with Gasteiger partial charge in [0, 0.05) is 18.7 Å². The van der Waals surface area contributed by atoms with Crippen molar-refractivity contribution in [3.63, 3.8) is 0 Å². The fraction of sp³-hybridized carbons (Fsp3) is 0.385. The van der Waals surface area contributed by atoms with E-state index in [0.29, 0.717) is 6.54 Å². The van der Waals surface area contributed by atoms with Crippen molar-refractivity contribution in [1.82, 2.24) is 35.5 Å². The summed E-state index contributed by atoms with van der Waals surface area (Å²) in [5.74, 6) is 2.21. The number of carbonyl (C=O) groups excluding carboxylic acids is 1. The normalized spacial score (nSPS) is 22.1. The van der Waals surface area contributed by atoms with Gasteiger partial charge >= 0.3 is 0 Å². The smallest absolute Gasteiger partial charge is 0.240 e. The van der Waals surface area contributed by atoms with Crippen molar-refractivity contribution >= 4 is 16.7 Å². The van der Waals surface area contributed by atoms with Crippen molar-refractivity contribution in [3.8, 4) is 39.7 Å². The highest BCUT2D eigenvalue weighted by Gasteiger charge is 2.55. The first kappa shape index (κ1) is 30.5. The number of rotatable bonds is 8. The number of imidazole rings is 2. The van der Waals surface area contributed by atoms with Crippen molar-refractivity contribution in [1.29, 1.82) is 5.26 Å². The summed E-state index contributed by atoms with van der Waals surface area (Å²) in [6.45, 7) is 5.73. The molecule has 48 heavy (non-hydrogen) atoms. The second-order valence-corrected chi connectivity index (χ2v) is 14.4. The van der Waals surface area contributed by atoms with E-state index >= 15 is 0 Å². The van der Waals surface area contributed by atoms with Crippen molar-refractivity contribution in [2.45, 2.75) is 57.7 Å². The first-order chi connectivity index (χ1) is 23.3. The minimum atomic E-state index is -0.191. The summed E-state index contributed by atoms with van der Waals surface area (Å²) >= 11 is 0. The predicted octanol–water partition coefficient (Wildman–Crippen LogP) is 6.76. The molecule has 8 rings (SSSR count). The van der Waals surface area contributed by atoms with E-state index in [1.165, 1.54) is 23.6 Å². The number of likely N-dealkylation sites (N-methyl/N-ethyl adjacent to an activating group) is 1. The molecule has 4 heterocycles. The Balaban J connectivity index is 0.979. The van der Waals surface area contributed by atoms with Crippen LogP contribution in [0.5, 0.6) is 0 Å². The molecule has 0 bridgehead atoms. The summed E-state index contributed by atoms with van der Waals surface area (Å²) in [5.41, 5.74) is 6.69. The van der Waals surface area contributed by atoms with Crippen LogP contribution in [0.3, 0.4) is 0 Å². The van der Waals surface area contributed by atoms with Crippen LogP contribution < -0.4 is 10.6 Å². The third-order valence-electron chi connectivity index (χ3n) is 10.8. The van der Waals surface area contributed by atoms with Gasteiger partial charge in [-0.15, -0.1) is 0 Å². The van der Waals surface area contributed by atoms with Gasteiger partial charge < -0.3 is 25.5 Å². The number of aromatic amines is 2. The Morgan fingerprint density at radius 2 is 1.54 bits per heavy atom. The number of likely N-dealkylation sites (tertiary alicyclic amines) is 1. The molecule has 2 aromatic heterocycles. The Hall–Kier alpha value is -4.78. The molecule has 4 unspecified atom stereocenters. The minimum Gasteiger partial charge on any atom is -0.341 e. The number of nitrogens with one attached hydrogen (secondary N) is 4. The highest BCUT2D eigenvalue weighted by molar-refractivity contribution is 5.90. The molecular formula is C39H42N8O. The minimum absolute atomic E-state index is 0.0162. The molecule has 1 spiro atoms. The molecular weight excluding hydrogens is 596 g/mol. The number of hydrogen-bond donors (Lipinski definition) is 4.